The van der Waals surface area contributed by atoms with Crippen LogP contribution >= 0.6 is 0 Å². The number of rotatable bonds is 11. The van der Waals surface area contributed by atoms with Gasteiger partial charge in [-0.1, -0.05) is 91.0 Å². The van der Waals surface area contributed by atoms with Crippen LogP contribution in [0.15, 0.2) is 152 Å². The van der Waals surface area contributed by atoms with Crippen molar-refractivity contribution in [3.8, 4) is 28.7 Å². The molecule has 38 heavy (non-hydrogen) atoms. The Bertz CT molecular complexity index is 1240. The van der Waals surface area contributed by atoms with E-state index >= 15 is 0 Å². The zero-order valence-corrected chi connectivity index (χ0v) is 20.4. The second-order valence-corrected chi connectivity index (χ2v) is 8.21. The lowest BCUT2D eigenvalue weighted by Crippen LogP contribution is -2.71. The Labute approximate surface area is 221 Å². The van der Waals surface area contributed by atoms with Gasteiger partial charge in [0.15, 0.2) is 0 Å². The van der Waals surface area contributed by atoms with E-state index < -0.39 is 11.9 Å². The van der Waals surface area contributed by atoms with E-state index in [4.69, 9.17) is 23.7 Å². The second kappa shape index (κ2) is 11.4. The summed E-state index contributed by atoms with van der Waals surface area (Å²) in [5.41, 5.74) is 0. The maximum absolute atomic E-state index is 12.4. The van der Waals surface area contributed by atoms with Gasteiger partial charge < -0.3 is 28.8 Å². The molecule has 5 aromatic rings. The normalized spacial score (nSPS) is 11.3. The number of benzene rings is 5. The Kier molecular flexibility index (Phi) is 7.43. The van der Waals surface area contributed by atoms with E-state index in [1.807, 2.05) is 30.3 Å². The highest BCUT2D eigenvalue weighted by Gasteiger charge is 2.67. The van der Waals surface area contributed by atoms with Gasteiger partial charge in [-0.25, -0.2) is 0 Å². The predicted molar refractivity (Wildman–Crippen MR) is 143 cm³/mol. The molecular formula is C32H26O6. The minimum atomic E-state index is -2.68. The smallest absolute Gasteiger partial charge is 0.421 e. The third-order valence-corrected chi connectivity index (χ3v) is 5.37. The molecule has 0 aliphatic carbocycles. The topological polar surface area (TPSA) is 66.4 Å². The highest BCUT2D eigenvalue weighted by Crippen LogP contribution is 2.38. The largest absolute Gasteiger partial charge is 0.532 e. The van der Waals surface area contributed by atoms with Crippen LogP contribution in [0.3, 0.4) is 0 Å². The first-order chi connectivity index (χ1) is 18.6. The molecule has 0 saturated heterocycles. The number of para-hydroxylation sites is 5. The SMILES string of the molecule is OC(Oc1ccccc1)(Oc1ccccc1)C(Oc1ccccc1)(Oc1ccccc1)Oc1ccccc1. The fraction of sp³-hybridized carbons (Fsp3) is 0.0625. The Morgan fingerprint density at radius 2 is 0.526 bits per heavy atom. The van der Waals surface area contributed by atoms with Crippen molar-refractivity contribution in [2.24, 2.45) is 0 Å². The van der Waals surface area contributed by atoms with Gasteiger partial charge in [-0.2, -0.15) is 0 Å². The first-order valence-corrected chi connectivity index (χ1v) is 12.1. The van der Waals surface area contributed by atoms with Crippen LogP contribution in [0.25, 0.3) is 0 Å². The molecule has 0 fully saturated rings. The van der Waals surface area contributed by atoms with Crippen LogP contribution in [0.4, 0.5) is 0 Å². The van der Waals surface area contributed by atoms with Crippen molar-refractivity contribution in [1.29, 1.82) is 0 Å². The zero-order valence-electron chi connectivity index (χ0n) is 20.4. The molecule has 0 bridgehead atoms. The Morgan fingerprint density at radius 3 is 0.763 bits per heavy atom. The van der Waals surface area contributed by atoms with Crippen LogP contribution in [0, 0.1) is 0 Å². The lowest BCUT2D eigenvalue weighted by atomic mass is 10.3. The van der Waals surface area contributed by atoms with Crippen molar-refractivity contribution in [2.75, 3.05) is 0 Å². The third-order valence-electron chi connectivity index (χ3n) is 5.37. The van der Waals surface area contributed by atoms with Gasteiger partial charge >= 0.3 is 11.9 Å². The van der Waals surface area contributed by atoms with Crippen LogP contribution in [0.1, 0.15) is 0 Å². The molecule has 1 N–H and O–H groups in total. The number of hydrogen-bond acceptors (Lipinski definition) is 6. The van der Waals surface area contributed by atoms with E-state index in [1.165, 1.54) is 0 Å². The molecule has 6 heteroatoms. The molecule has 0 amide bonds. The maximum atomic E-state index is 12.4. The van der Waals surface area contributed by atoms with Gasteiger partial charge in [-0.3, -0.25) is 0 Å². The molecule has 5 rings (SSSR count). The molecule has 5 aromatic carbocycles. The van der Waals surface area contributed by atoms with E-state index in [0.29, 0.717) is 28.7 Å². The van der Waals surface area contributed by atoms with E-state index in [2.05, 4.69) is 0 Å². The lowest BCUT2D eigenvalue weighted by molar-refractivity contribution is -0.459. The van der Waals surface area contributed by atoms with E-state index in [0.717, 1.165) is 0 Å². The van der Waals surface area contributed by atoms with Crippen molar-refractivity contribution < 1.29 is 28.8 Å². The van der Waals surface area contributed by atoms with Crippen LogP contribution in [-0.2, 0) is 0 Å². The van der Waals surface area contributed by atoms with Crippen LogP contribution in [-0.4, -0.2) is 17.1 Å². The van der Waals surface area contributed by atoms with Crippen molar-refractivity contribution in [3.05, 3.63) is 152 Å². The number of aliphatic hydroxyl groups is 1. The summed E-state index contributed by atoms with van der Waals surface area (Å²) in [7, 11) is 0. The molecule has 0 aliphatic heterocycles. The summed E-state index contributed by atoms with van der Waals surface area (Å²) in [5.74, 6) is -3.50. The molecule has 190 valence electrons. The number of ether oxygens (including phenoxy) is 5. The zero-order chi connectivity index (χ0) is 26.1. The number of hydrogen-bond donors (Lipinski definition) is 1. The van der Waals surface area contributed by atoms with Gasteiger partial charge in [0.2, 0.25) is 0 Å². The lowest BCUT2D eigenvalue weighted by Gasteiger charge is -2.42. The van der Waals surface area contributed by atoms with Gasteiger partial charge in [0, 0.05) is 0 Å². The Morgan fingerprint density at radius 1 is 0.316 bits per heavy atom. The minimum absolute atomic E-state index is 0.292. The fourth-order valence-corrected chi connectivity index (χ4v) is 3.63. The van der Waals surface area contributed by atoms with Crippen LogP contribution < -0.4 is 23.7 Å². The Hall–Kier alpha value is -4.94. The first-order valence-electron chi connectivity index (χ1n) is 12.1. The van der Waals surface area contributed by atoms with Crippen molar-refractivity contribution in [3.63, 3.8) is 0 Å². The van der Waals surface area contributed by atoms with E-state index in [1.54, 1.807) is 121 Å². The summed E-state index contributed by atoms with van der Waals surface area (Å²) in [5, 5.41) is 12.4. The van der Waals surface area contributed by atoms with Crippen molar-refractivity contribution in [1.82, 2.24) is 0 Å². The molecule has 0 spiro atoms. The van der Waals surface area contributed by atoms with Gasteiger partial charge in [0.25, 0.3) is 0 Å². The van der Waals surface area contributed by atoms with Gasteiger partial charge in [0.05, 0.1) is 0 Å². The molecule has 0 atom stereocenters. The van der Waals surface area contributed by atoms with Gasteiger partial charge in [-0.15, -0.1) is 0 Å². The average molecular weight is 507 g/mol. The van der Waals surface area contributed by atoms with Gasteiger partial charge in [0.1, 0.15) is 28.7 Å². The molecular weight excluding hydrogens is 480 g/mol. The van der Waals surface area contributed by atoms with Crippen molar-refractivity contribution in [2.45, 2.75) is 11.9 Å². The predicted octanol–water partition coefficient (Wildman–Crippen LogP) is 6.68. The average Bonchev–Trinajstić information content (AvgIpc) is 2.95. The highest BCUT2D eigenvalue weighted by molar-refractivity contribution is 5.29. The van der Waals surface area contributed by atoms with Gasteiger partial charge in [-0.05, 0) is 60.7 Å². The molecule has 0 heterocycles. The first kappa shape index (κ1) is 24.7. The third kappa shape index (κ3) is 5.88. The standard InChI is InChI=1S/C32H26O6/c33-31(34-26-16-6-1-7-17-26,35-27-18-8-2-9-19-27)32(36-28-20-10-3-11-21-28,37-29-22-12-4-13-23-29)38-30-24-14-5-15-25-30/h1-25,33H. The summed E-state index contributed by atoms with van der Waals surface area (Å²) in [6.45, 7) is 0. The fourth-order valence-electron chi connectivity index (χ4n) is 3.63. The Balaban J connectivity index is 1.70. The molecule has 0 aliphatic rings. The monoisotopic (exact) mass is 506 g/mol. The maximum Gasteiger partial charge on any atom is 0.532 e. The molecule has 0 saturated carbocycles. The van der Waals surface area contributed by atoms with Crippen LogP contribution in [0.5, 0.6) is 28.7 Å². The molecule has 0 radical (unpaired) electrons. The quantitative estimate of drug-likeness (QED) is 0.202. The van der Waals surface area contributed by atoms with E-state index in [-0.39, 0.29) is 0 Å². The molecule has 0 aromatic heterocycles. The molecule has 6 nitrogen and oxygen atoms in total. The van der Waals surface area contributed by atoms with Crippen LogP contribution in [0.2, 0.25) is 0 Å². The summed E-state index contributed by atoms with van der Waals surface area (Å²) in [6, 6.07) is 44.0. The highest BCUT2D eigenvalue weighted by atomic mass is 17.0. The summed E-state index contributed by atoms with van der Waals surface area (Å²) in [6.07, 6.45) is 0. The minimum Gasteiger partial charge on any atom is -0.421 e. The summed E-state index contributed by atoms with van der Waals surface area (Å²) < 4.78 is 31.4. The summed E-state index contributed by atoms with van der Waals surface area (Å²) >= 11 is 0. The molecule has 0 unspecified atom stereocenters. The van der Waals surface area contributed by atoms with E-state index in [9.17, 15) is 5.11 Å². The second-order valence-electron chi connectivity index (χ2n) is 8.21. The summed E-state index contributed by atoms with van der Waals surface area (Å²) in [4.78, 5) is 0. The van der Waals surface area contributed by atoms with Crippen molar-refractivity contribution >= 4 is 0 Å².